The van der Waals surface area contributed by atoms with Crippen LogP contribution < -0.4 is 14.8 Å². The average Bonchev–Trinajstić information content (AvgIpc) is 3.37. The first-order valence-corrected chi connectivity index (χ1v) is 10.3. The van der Waals surface area contributed by atoms with Gasteiger partial charge >= 0.3 is 0 Å². The van der Waals surface area contributed by atoms with E-state index in [1.165, 1.54) is 0 Å². The summed E-state index contributed by atoms with van der Waals surface area (Å²) in [6, 6.07) is 22.3. The molecule has 2 aliphatic heterocycles. The minimum atomic E-state index is -0.662. The zero-order valence-electron chi connectivity index (χ0n) is 16.9. The van der Waals surface area contributed by atoms with Gasteiger partial charge in [-0.25, -0.2) is 0 Å². The Hall–Kier alpha value is -3.80. The molecule has 6 heteroatoms. The van der Waals surface area contributed by atoms with E-state index in [4.69, 9.17) is 9.47 Å². The topological polar surface area (TPSA) is 67.9 Å². The molecule has 0 bridgehead atoms. The Balaban J connectivity index is 1.36. The van der Waals surface area contributed by atoms with Gasteiger partial charge in [0.1, 0.15) is 6.04 Å². The van der Waals surface area contributed by atoms with Crippen molar-refractivity contribution in [1.82, 2.24) is 10.2 Å². The van der Waals surface area contributed by atoms with E-state index in [1.54, 1.807) is 11.0 Å². The van der Waals surface area contributed by atoms with Gasteiger partial charge in [-0.15, -0.1) is 0 Å². The zero-order chi connectivity index (χ0) is 21.2. The van der Waals surface area contributed by atoms with Crippen LogP contribution in [0.5, 0.6) is 11.5 Å². The second-order valence-electron chi connectivity index (χ2n) is 7.64. The molecule has 0 saturated carbocycles. The van der Waals surface area contributed by atoms with Gasteiger partial charge in [0.2, 0.25) is 12.7 Å². The lowest BCUT2D eigenvalue weighted by atomic mass is 10.0. The number of amides is 2. The Kier molecular flexibility index (Phi) is 5.04. The van der Waals surface area contributed by atoms with Crippen molar-refractivity contribution >= 4 is 11.8 Å². The largest absolute Gasteiger partial charge is 0.454 e. The van der Waals surface area contributed by atoms with E-state index in [2.05, 4.69) is 5.32 Å². The van der Waals surface area contributed by atoms with Crippen LogP contribution in [0.15, 0.2) is 72.8 Å². The number of hydrogen-bond donors (Lipinski definition) is 1. The van der Waals surface area contributed by atoms with Gasteiger partial charge in [-0.2, -0.15) is 0 Å². The molecule has 0 spiro atoms. The minimum Gasteiger partial charge on any atom is -0.454 e. The molecule has 5 rings (SSSR count). The Morgan fingerprint density at radius 3 is 2.58 bits per heavy atom. The fraction of sp³-hybridized carbons (Fsp3) is 0.200. The van der Waals surface area contributed by atoms with Crippen LogP contribution in [0.3, 0.4) is 0 Å². The van der Waals surface area contributed by atoms with E-state index < -0.39 is 6.04 Å². The lowest BCUT2D eigenvalue weighted by molar-refractivity contribution is -0.125. The number of fused-ring (bicyclic) bond motifs is 2. The summed E-state index contributed by atoms with van der Waals surface area (Å²) >= 11 is 0. The molecule has 3 aromatic rings. The number of hydrogen-bond acceptors (Lipinski definition) is 4. The monoisotopic (exact) mass is 414 g/mol. The van der Waals surface area contributed by atoms with Crippen LogP contribution in [-0.4, -0.2) is 30.1 Å². The lowest BCUT2D eigenvalue weighted by Gasteiger charge is -2.25. The zero-order valence-corrected chi connectivity index (χ0v) is 16.9. The molecule has 2 amide bonds. The van der Waals surface area contributed by atoms with Crippen molar-refractivity contribution in [1.29, 1.82) is 0 Å². The molecule has 156 valence electrons. The Labute approximate surface area is 180 Å². The average molecular weight is 414 g/mol. The Morgan fingerprint density at radius 2 is 1.71 bits per heavy atom. The molecule has 0 aliphatic carbocycles. The van der Waals surface area contributed by atoms with Crippen LogP contribution in [0.2, 0.25) is 0 Å². The van der Waals surface area contributed by atoms with Crippen LogP contribution in [0.1, 0.15) is 33.1 Å². The number of ether oxygens (including phenoxy) is 2. The maximum atomic E-state index is 13.2. The van der Waals surface area contributed by atoms with Gasteiger partial charge < -0.3 is 19.7 Å². The summed E-state index contributed by atoms with van der Waals surface area (Å²) in [5.74, 6) is 1.03. The normalized spacial score (nSPS) is 16.3. The van der Waals surface area contributed by atoms with Gasteiger partial charge in [0.05, 0.1) is 0 Å². The number of carbonyl (C=O) groups excluding carboxylic acids is 2. The standard InChI is InChI=1S/C25H22N2O4/c28-24(26-13-12-17-6-2-1-3-7-17)23-19-8-4-5-9-20(19)25(29)27(23)15-18-10-11-21-22(14-18)31-16-30-21/h1-11,14,23H,12-13,15-16H2,(H,26,28). The van der Waals surface area contributed by atoms with Crippen molar-refractivity contribution in [2.75, 3.05) is 13.3 Å². The molecule has 0 aromatic heterocycles. The maximum Gasteiger partial charge on any atom is 0.255 e. The number of carbonyl (C=O) groups is 2. The van der Waals surface area contributed by atoms with Gasteiger partial charge in [0.25, 0.3) is 5.91 Å². The van der Waals surface area contributed by atoms with Crippen LogP contribution >= 0.6 is 0 Å². The second-order valence-corrected chi connectivity index (χ2v) is 7.64. The quantitative estimate of drug-likeness (QED) is 0.671. The third kappa shape index (κ3) is 3.72. The minimum absolute atomic E-state index is 0.142. The van der Waals surface area contributed by atoms with Gasteiger partial charge in [-0.3, -0.25) is 9.59 Å². The third-order valence-electron chi connectivity index (χ3n) is 5.65. The summed E-state index contributed by atoms with van der Waals surface area (Å²) in [4.78, 5) is 27.9. The van der Waals surface area contributed by atoms with Gasteiger partial charge in [0.15, 0.2) is 11.5 Å². The highest BCUT2D eigenvalue weighted by Gasteiger charge is 2.40. The van der Waals surface area contributed by atoms with E-state index in [0.29, 0.717) is 30.2 Å². The molecule has 0 fully saturated rings. The predicted octanol–water partition coefficient (Wildman–Crippen LogP) is 3.47. The smallest absolute Gasteiger partial charge is 0.255 e. The number of benzene rings is 3. The van der Waals surface area contributed by atoms with E-state index in [1.807, 2.05) is 66.7 Å². The van der Waals surface area contributed by atoms with Crippen LogP contribution in [0, 0.1) is 0 Å². The molecular formula is C25H22N2O4. The first-order valence-electron chi connectivity index (χ1n) is 10.3. The summed E-state index contributed by atoms with van der Waals surface area (Å²) < 4.78 is 10.8. The van der Waals surface area contributed by atoms with E-state index >= 15 is 0 Å². The number of nitrogens with one attached hydrogen (secondary N) is 1. The highest BCUT2D eigenvalue weighted by molar-refractivity contribution is 6.04. The molecule has 0 saturated heterocycles. The highest BCUT2D eigenvalue weighted by Crippen LogP contribution is 2.37. The molecule has 0 radical (unpaired) electrons. The van der Waals surface area contributed by atoms with Crippen molar-refractivity contribution in [2.24, 2.45) is 0 Å². The van der Waals surface area contributed by atoms with E-state index in [9.17, 15) is 9.59 Å². The van der Waals surface area contributed by atoms with Crippen molar-refractivity contribution in [2.45, 2.75) is 19.0 Å². The molecule has 1 unspecified atom stereocenters. The van der Waals surface area contributed by atoms with Crippen LogP contribution in [0.25, 0.3) is 0 Å². The number of nitrogens with zero attached hydrogens (tertiary/aromatic N) is 1. The second kappa shape index (κ2) is 8.14. The van der Waals surface area contributed by atoms with Crippen molar-refractivity contribution < 1.29 is 19.1 Å². The van der Waals surface area contributed by atoms with Crippen LogP contribution in [0.4, 0.5) is 0 Å². The molecule has 3 aromatic carbocycles. The SMILES string of the molecule is O=C(NCCc1ccccc1)C1c2ccccc2C(=O)N1Cc1ccc2c(c1)OCO2. The highest BCUT2D eigenvalue weighted by atomic mass is 16.7. The van der Waals surface area contributed by atoms with Crippen molar-refractivity contribution in [3.63, 3.8) is 0 Å². The summed E-state index contributed by atoms with van der Waals surface area (Å²) in [5.41, 5.74) is 3.35. The molecule has 2 aliphatic rings. The summed E-state index contributed by atoms with van der Waals surface area (Å²) in [6.07, 6.45) is 0.733. The summed E-state index contributed by atoms with van der Waals surface area (Å²) in [5, 5.41) is 3.01. The Morgan fingerprint density at radius 1 is 0.935 bits per heavy atom. The molecule has 2 heterocycles. The third-order valence-corrected chi connectivity index (χ3v) is 5.65. The van der Waals surface area contributed by atoms with Crippen molar-refractivity contribution in [3.05, 3.63) is 95.1 Å². The molecule has 1 N–H and O–H groups in total. The fourth-order valence-corrected chi connectivity index (χ4v) is 4.12. The summed E-state index contributed by atoms with van der Waals surface area (Å²) in [6.45, 7) is 1.01. The molecular weight excluding hydrogens is 392 g/mol. The lowest BCUT2D eigenvalue weighted by Crippen LogP contribution is -2.39. The first-order chi connectivity index (χ1) is 15.2. The van der Waals surface area contributed by atoms with Crippen molar-refractivity contribution in [3.8, 4) is 11.5 Å². The molecule has 6 nitrogen and oxygen atoms in total. The molecule has 31 heavy (non-hydrogen) atoms. The van der Waals surface area contributed by atoms with Gasteiger partial charge in [-0.05, 0) is 41.3 Å². The van der Waals surface area contributed by atoms with Crippen LogP contribution in [-0.2, 0) is 17.8 Å². The predicted molar refractivity (Wildman–Crippen MR) is 115 cm³/mol. The first kappa shape index (κ1) is 19.2. The Bertz CT molecular complexity index is 1130. The number of rotatable bonds is 6. The van der Waals surface area contributed by atoms with E-state index in [0.717, 1.165) is 23.1 Å². The summed E-state index contributed by atoms with van der Waals surface area (Å²) in [7, 11) is 0. The fourth-order valence-electron chi connectivity index (χ4n) is 4.12. The van der Waals surface area contributed by atoms with E-state index in [-0.39, 0.29) is 18.6 Å². The van der Waals surface area contributed by atoms with Gasteiger partial charge in [0, 0.05) is 18.7 Å². The van der Waals surface area contributed by atoms with Gasteiger partial charge in [-0.1, -0.05) is 54.6 Å². The maximum absolute atomic E-state index is 13.2. The molecule has 1 atom stereocenters.